The first-order valence-corrected chi connectivity index (χ1v) is 10.0. The molecule has 0 aromatic rings. The van der Waals surface area contributed by atoms with Crippen molar-refractivity contribution >= 4 is 5.78 Å². The van der Waals surface area contributed by atoms with Gasteiger partial charge in [-0.2, -0.15) is 0 Å². The fourth-order valence-electron chi connectivity index (χ4n) is 7.49. The monoisotopic (exact) mass is 348 g/mol. The third-order valence-corrected chi connectivity index (χ3v) is 8.62. The summed E-state index contributed by atoms with van der Waals surface area (Å²) in [5.41, 5.74) is 1.12. The van der Waals surface area contributed by atoms with Crippen LogP contribution in [0, 0.1) is 34.5 Å². The summed E-state index contributed by atoms with van der Waals surface area (Å²) in [5.74, 6) is 1.51. The van der Waals surface area contributed by atoms with E-state index in [2.05, 4.69) is 13.8 Å². The zero-order chi connectivity index (χ0) is 18.0. The van der Waals surface area contributed by atoms with Gasteiger partial charge in [0.2, 0.25) is 0 Å². The van der Waals surface area contributed by atoms with Crippen molar-refractivity contribution in [2.75, 3.05) is 6.61 Å². The van der Waals surface area contributed by atoms with Crippen LogP contribution in [0.5, 0.6) is 0 Å². The second kappa shape index (κ2) is 5.90. The molecule has 0 aromatic carbocycles. The van der Waals surface area contributed by atoms with Crippen molar-refractivity contribution in [2.45, 2.75) is 71.0 Å². The average Bonchev–Trinajstić information content (AvgIpc) is 2.91. The van der Waals surface area contributed by atoms with Crippen LogP contribution in [0.15, 0.2) is 11.6 Å². The Hall–Kier alpha value is -0.710. The number of allylic oxidation sites excluding steroid dienone is 1. The minimum atomic E-state index is -0.680. The third-order valence-electron chi connectivity index (χ3n) is 8.62. The number of fused-ring (bicyclic) bond motifs is 5. The molecule has 0 aliphatic heterocycles. The summed E-state index contributed by atoms with van der Waals surface area (Å²) in [6.07, 6.45) is 7.00. The Balaban J connectivity index is 1.69. The Labute approximate surface area is 150 Å². The summed E-state index contributed by atoms with van der Waals surface area (Å²) in [5, 5.41) is 31.0. The smallest absolute Gasteiger partial charge is 0.155 e. The average molecular weight is 348 g/mol. The predicted molar refractivity (Wildman–Crippen MR) is 94.7 cm³/mol. The molecule has 0 saturated heterocycles. The molecule has 25 heavy (non-hydrogen) atoms. The molecule has 4 rings (SSSR count). The second-order valence-electron chi connectivity index (χ2n) is 9.60. The summed E-state index contributed by atoms with van der Waals surface area (Å²) in [4.78, 5) is 11.9. The molecule has 140 valence electrons. The molecule has 3 N–H and O–H groups in total. The highest BCUT2D eigenvalue weighted by Gasteiger charge is 2.62. The summed E-state index contributed by atoms with van der Waals surface area (Å²) >= 11 is 0. The van der Waals surface area contributed by atoms with Crippen molar-refractivity contribution in [1.82, 2.24) is 0 Å². The number of aliphatic hydroxyl groups is 3. The maximum atomic E-state index is 11.9. The van der Waals surface area contributed by atoms with Crippen molar-refractivity contribution < 1.29 is 20.1 Å². The van der Waals surface area contributed by atoms with Gasteiger partial charge in [-0.1, -0.05) is 19.4 Å². The fraction of sp³-hybridized carbons (Fsp3) is 0.857. The van der Waals surface area contributed by atoms with E-state index in [0.29, 0.717) is 24.7 Å². The van der Waals surface area contributed by atoms with Gasteiger partial charge in [0.25, 0.3) is 0 Å². The van der Waals surface area contributed by atoms with E-state index in [0.717, 1.165) is 32.1 Å². The lowest BCUT2D eigenvalue weighted by Gasteiger charge is -2.60. The van der Waals surface area contributed by atoms with Gasteiger partial charge in [0.05, 0.1) is 18.8 Å². The Morgan fingerprint density at radius 1 is 1.24 bits per heavy atom. The maximum absolute atomic E-state index is 11.9. The topological polar surface area (TPSA) is 77.8 Å². The van der Waals surface area contributed by atoms with E-state index in [4.69, 9.17) is 0 Å². The summed E-state index contributed by atoms with van der Waals surface area (Å²) in [6.45, 7) is 4.30. The molecule has 3 fully saturated rings. The number of rotatable bonds is 2. The highest BCUT2D eigenvalue weighted by atomic mass is 16.3. The normalized spacial score (nSPS) is 50.5. The van der Waals surface area contributed by atoms with E-state index in [9.17, 15) is 20.1 Å². The molecule has 4 nitrogen and oxygen atoms in total. The molecule has 3 saturated carbocycles. The van der Waals surface area contributed by atoms with Gasteiger partial charge in [0.15, 0.2) is 5.78 Å². The van der Waals surface area contributed by atoms with Crippen LogP contribution in [0.2, 0.25) is 0 Å². The standard InChI is InChI=1S/C21H32O4/c1-20-8-7-13(23)9-12(20)3-4-14-15-5-6-16(18(25)11-22)21(15,2)10-17(24)19(14)20/h9,14-19,22,24-25H,3-8,10-11H2,1-2H3/t14-,15-,16+,17+,18+,19+,20+,21-/m1/s1. The molecule has 0 bridgehead atoms. The molecule has 0 radical (unpaired) electrons. The van der Waals surface area contributed by atoms with Crippen molar-refractivity contribution in [1.29, 1.82) is 0 Å². The first-order chi connectivity index (χ1) is 11.8. The number of hydrogen-bond donors (Lipinski definition) is 3. The van der Waals surface area contributed by atoms with E-state index >= 15 is 0 Å². The Kier molecular flexibility index (Phi) is 4.17. The van der Waals surface area contributed by atoms with Crippen LogP contribution >= 0.6 is 0 Å². The Morgan fingerprint density at radius 2 is 2.00 bits per heavy atom. The van der Waals surface area contributed by atoms with Crippen molar-refractivity contribution in [2.24, 2.45) is 34.5 Å². The number of ketones is 1. The maximum Gasteiger partial charge on any atom is 0.155 e. The lowest BCUT2D eigenvalue weighted by molar-refractivity contribution is -0.143. The van der Waals surface area contributed by atoms with E-state index < -0.39 is 6.10 Å². The lowest BCUT2D eigenvalue weighted by atomic mass is 9.46. The first kappa shape index (κ1) is 17.7. The molecule has 4 heteroatoms. The van der Waals surface area contributed by atoms with Gasteiger partial charge in [0, 0.05) is 6.42 Å². The molecule has 4 aliphatic rings. The predicted octanol–water partition coefficient (Wildman–Crippen LogP) is 2.46. The quantitative estimate of drug-likeness (QED) is 0.716. The van der Waals surface area contributed by atoms with Crippen LogP contribution in [0.1, 0.15) is 58.8 Å². The highest BCUT2D eigenvalue weighted by Crippen LogP contribution is 2.66. The molecule has 0 heterocycles. The van der Waals surface area contributed by atoms with Gasteiger partial charge in [0.1, 0.15) is 0 Å². The second-order valence-corrected chi connectivity index (χ2v) is 9.60. The zero-order valence-corrected chi connectivity index (χ0v) is 15.4. The van der Waals surface area contributed by atoms with Crippen LogP contribution < -0.4 is 0 Å². The van der Waals surface area contributed by atoms with Gasteiger partial charge in [-0.05, 0) is 79.1 Å². The molecule has 0 spiro atoms. The minimum absolute atomic E-state index is 0.0503. The van der Waals surface area contributed by atoms with Crippen molar-refractivity contribution in [3.8, 4) is 0 Å². The molecule has 4 aliphatic carbocycles. The van der Waals surface area contributed by atoms with Gasteiger partial charge in [-0.3, -0.25) is 4.79 Å². The SMILES string of the molecule is C[C@@]12C[C@H](O)[C@@H]3[C@H](CCC4=CC(=O)CC[C@@]43C)[C@H]1CC[C@H]2[C@@H](O)CO. The van der Waals surface area contributed by atoms with Crippen LogP contribution in [0.4, 0.5) is 0 Å². The minimum Gasteiger partial charge on any atom is -0.394 e. The number of carbonyl (C=O) groups excluding carboxylic acids is 1. The molecule has 8 atom stereocenters. The Bertz CT molecular complexity index is 599. The van der Waals surface area contributed by atoms with Crippen LogP contribution in [-0.4, -0.2) is 39.9 Å². The molecule has 0 aromatic heterocycles. The molecular formula is C21H32O4. The van der Waals surface area contributed by atoms with Crippen molar-refractivity contribution in [3.05, 3.63) is 11.6 Å². The molecule has 0 amide bonds. The molecule has 0 unspecified atom stereocenters. The number of hydrogen-bond acceptors (Lipinski definition) is 4. The molecular weight excluding hydrogens is 316 g/mol. The fourth-order valence-corrected chi connectivity index (χ4v) is 7.49. The van der Waals surface area contributed by atoms with Crippen molar-refractivity contribution in [3.63, 3.8) is 0 Å². The van der Waals surface area contributed by atoms with Crippen LogP contribution in [-0.2, 0) is 4.79 Å². The summed E-state index contributed by atoms with van der Waals surface area (Å²) in [6, 6.07) is 0. The van der Waals surface area contributed by atoms with E-state index in [-0.39, 0.29) is 41.2 Å². The van der Waals surface area contributed by atoms with Gasteiger partial charge in [-0.15, -0.1) is 0 Å². The van der Waals surface area contributed by atoms with E-state index in [1.165, 1.54) is 5.57 Å². The largest absolute Gasteiger partial charge is 0.394 e. The van der Waals surface area contributed by atoms with E-state index in [1.807, 2.05) is 6.08 Å². The first-order valence-electron chi connectivity index (χ1n) is 10.0. The summed E-state index contributed by atoms with van der Waals surface area (Å²) in [7, 11) is 0. The van der Waals surface area contributed by atoms with E-state index in [1.54, 1.807) is 0 Å². The van der Waals surface area contributed by atoms with Crippen LogP contribution in [0.25, 0.3) is 0 Å². The van der Waals surface area contributed by atoms with Gasteiger partial charge >= 0.3 is 0 Å². The summed E-state index contributed by atoms with van der Waals surface area (Å²) < 4.78 is 0. The van der Waals surface area contributed by atoms with Gasteiger partial charge in [-0.25, -0.2) is 0 Å². The van der Waals surface area contributed by atoms with Crippen LogP contribution in [0.3, 0.4) is 0 Å². The lowest BCUT2D eigenvalue weighted by Crippen LogP contribution is -2.57. The zero-order valence-electron chi connectivity index (χ0n) is 15.4. The number of aliphatic hydroxyl groups excluding tert-OH is 3. The Morgan fingerprint density at radius 3 is 2.72 bits per heavy atom. The van der Waals surface area contributed by atoms with Gasteiger partial charge < -0.3 is 15.3 Å². The third kappa shape index (κ3) is 2.40. The highest BCUT2D eigenvalue weighted by molar-refractivity contribution is 5.91. The number of carbonyl (C=O) groups is 1.